The Balaban J connectivity index is 1.83. The maximum atomic E-state index is 13.3. The van der Waals surface area contributed by atoms with E-state index in [0.717, 1.165) is 19.0 Å². The Morgan fingerprint density at radius 3 is 2.77 bits per heavy atom. The molecule has 2 aromatic rings. The molecule has 3 rings (SSSR count). The Morgan fingerprint density at radius 1 is 1.42 bits per heavy atom. The highest BCUT2D eigenvalue weighted by molar-refractivity contribution is 9.11. The number of hydrogen-bond donors (Lipinski definition) is 2. The topological polar surface area (TPSA) is 78.5 Å². The molecule has 1 aliphatic rings. The summed E-state index contributed by atoms with van der Waals surface area (Å²) in [5, 5.41) is 2.47. The largest absolute Gasteiger partial charge is 0.325 e. The van der Waals surface area contributed by atoms with Crippen molar-refractivity contribution >= 4 is 60.7 Å². The van der Waals surface area contributed by atoms with Crippen molar-refractivity contribution in [3.05, 3.63) is 49.8 Å². The third kappa shape index (κ3) is 4.10. The van der Waals surface area contributed by atoms with Crippen LogP contribution in [0.15, 0.2) is 34.1 Å². The van der Waals surface area contributed by atoms with Gasteiger partial charge in [-0.15, -0.1) is 11.3 Å². The SMILES string of the molecule is CN1C(C(=O)Nc2ccc(F)c(Cl)c2)CC(c2ccc(Br)s2)NS1(=O)=O. The van der Waals surface area contributed by atoms with Crippen molar-refractivity contribution < 1.29 is 17.6 Å². The van der Waals surface area contributed by atoms with Crippen LogP contribution in [0.1, 0.15) is 17.3 Å². The Kier molecular flexibility index (Phi) is 5.71. The minimum absolute atomic E-state index is 0.129. The van der Waals surface area contributed by atoms with Crippen LogP contribution in [0.2, 0.25) is 5.02 Å². The van der Waals surface area contributed by atoms with Crippen LogP contribution in [0.25, 0.3) is 0 Å². The Morgan fingerprint density at radius 2 is 2.15 bits per heavy atom. The molecule has 2 unspecified atom stereocenters. The molecule has 1 aliphatic heterocycles. The van der Waals surface area contributed by atoms with Crippen molar-refractivity contribution in [2.45, 2.75) is 18.5 Å². The van der Waals surface area contributed by atoms with Crippen LogP contribution in [0, 0.1) is 5.82 Å². The molecule has 2 atom stereocenters. The van der Waals surface area contributed by atoms with Crippen LogP contribution >= 0.6 is 38.9 Å². The summed E-state index contributed by atoms with van der Waals surface area (Å²) in [6.45, 7) is 0. The zero-order valence-corrected chi connectivity index (χ0v) is 17.3. The summed E-state index contributed by atoms with van der Waals surface area (Å²) in [5.74, 6) is -1.12. The maximum Gasteiger partial charge on any atom is 0.280 e. The molecule has 0 aliphatic carbocycles. The molecule has 1 aromatic carbocycles. The van der Waals surface area contributed by atoms with Gasteiger partial charge in [0.2, 0.25) is 5.91 Å². The van der Waals surface area contributed by atoms with E-state index >= 15 is 0 Å². The number of hydrogen-bond acceptors (Lipinski definition) is 4. The number of likely N-dealkylation sites (N-methyl/N-ethyl adjacent to an activating group) is 1. The number of carbonyl (C=O) groups excluding carboxylic acids is 1. The third-order valence-electron chi connectivity index (χ3n) is 4.00. The summed E-state index contributed by atoms with van der Waals surface area (Å²) in [4.78, 5) is 13.5. The van der Waals surface area contributed by atoms with Gasteiger partial charge in [-0.25, -0.2) is 4.39 Å². The summed E-state index contributed by atoms with van der Waals surface area (Å²) < 4.78 is 42.5. The van der Waals surface area contributed by atoms with Crippen molar-refractivity contribution in [2.24, 2.45) is 0 Å². The molecule has 0 radical (unpaired) electrons. The Bertz CT molecular complexity index is 953. The minimum atomic E-state index is -3.82. The van der Waals surface area contributed by atoms with Gasteiger partial charge in [0.1, 0.15) is 11.9 Å². The number of halogens is 3. The predicted molar refractivity (Wildman–Crippen MR) is 103 cm³/mol. The molecule has 2 heterocycles. The van der Waals surface area contributed by atoms with Crippen molar-refractivity contribution in [1.29, 1.82) is 0 Å². The zero-order chi connectivity index (χ0) is 19.1. The van der Waals surface area contributed by atoms with Crippen molar-refractivity contribution in [3.63, 3.8) is 0 Å². The summed E-state index contributed by atoms with van der Waals surface area (Å²) in [5.41, 5.74) is 0.293. The second kappa shape index (κ2) is 7.53. The fourth-order valence-corrected chi connectivity index (χ4v) is 5.62. The quantitative estimate of drug-likeness (QED) is 0.703. The van der Waals surface area contributed by atoms with Gasteiger partial charge in [0.05, 0.1) is 14.9 Å². The highest BCUT2D eigenvalue weighted by atomic mass is 79.9. The lowest BCUT2D eigenvalue weighted by Gasteiger charge is -2.35. The number of benzene rings is 1. The molecule has 1 saturated heterocycles. The molecule has 1 fully saturated rings. The molecular formula is C15H14BrClFN3O3S2. The third-order valence-corrected chi connectivity index (χ3v) is 7.62. The van der Waals surface area contributed by atoms with Crippen LogP contribution in [0.3, 0.4) is 0 Å². The van der Waals surface area contributed by atoms with E-state index in [0.29, 0.717) is 5.69 Å². The second-order valence-electron chi connectivity index (χ2n) is 5.70. The monoisotopic (exact) mass is 481 g/mol. The van der Waals surface area contributed by atoms with Crippen molar-refractivity contribution in [3.8, 4) is 0 Å². The summed E-state index contributed by atoms with van der Waals surface area (Å²) in [6, 6.07) is 5.97. The zero-order valence-electron chi connectivity index (χ0n) is 13.4. The number of nitrogens with zero attached hydrogens (tertiary/aromatic N) is 1. The van der Waals surface area contributed by atoms with Crippen LogP contribution < -0.4 is 10.0 Å². The molecule has 1 aromatic heterocycles. The molecule has 140 valence electrons. The van der Waals surface area contributed by atoms with Gasteiger partial charge >= 0.3 is 0 Å². The molecule has 6 nitrogen and oxygen atoms in total. The van der Waals surface area contributed by atoms with E-state index in [2.05, 4.69) is 26.0 Å². The Hall–Kier alpha value is -1.04. The van der Waals surface area contributed by atoms with Crippen LogP contribution in [-0.2, 0) is 15.0 Å². The second-order valence-corrected chi connectivity index (χ2v) is 10.4. The van der Waals surface area contributed by atoms with E-state index in [1.54, 1.807) is 0 Å². The highest BCUT2D eigenvalue weighted by Gasteiger charge is 2.41. The number of rotatable bonds is 3. The first-order valence-electron chi connectivity index (χ1n) is 7.44. The van der Waals surface area contributed by atoms with E-state index in [1.807, 2.05) is 12.1 Å². The molecule has 0 spiro atoms. The molecule has 2 N–H and O–H groups in total. The van der Waals surface area contributed by atoms with Gasteiger partial charge in [-0.1, -0.05) is 11.6 Å². The van der Waals surface area contributed by atoms with Gasteiger partial charge in [-0.3, -0.25) is 4.79 Å². The first-order valence-corrected chi connectivity index (χ1v) is 10.9. The van der Waals surface area contributed by atoms with E-state index in [-0.39, 0.29) is 11.4 Å². The van der Waals surface area contributed by atoms with Gasteiger partial charge in [-0.2, -0.15) is 17.4 Å². The minimum Gasteiger partial charge on any atom is -0.325 e. The summed E-state index contributed by atoms with van der Waals surface area (Å²) in [7, 11) is -2.48. The lowest BCUT2D eigenvalue weighted by molar-refractivity contribution is -0.120. The molecular weight excluding hydrogens is 469 g/mol. The summed E-state index contributed by atoms with van der Waals surface area (Å²) >= 11 is 10.5. The van der Waals surface area contributed by atoms with E-state index in [9.17, 15) is 17.6 Å². The number of anilines is 1. The van der Waals surface area contributed by atoms with Gasteiger partial charge in [0.25, 0.3) is 10.2 Å². The van der Waals surface area contributed by atoms with Crippen LogP contribution in [0.4, 0.5) is 10.1 Å². The van der Waals surface area contributed by atoms with Crippen molar-refractivity contribution in [1.82, 2.24) is 9.03 Å². The molecule has 0 saturated carbocycles. The average molecular weight is 483 g/mol. The molecule has 26 heavy (non-hydrogen) atoms. The van der Waals surface area contributed by atoms with Crippen molar-refractivity contribution in [2.75, 3.05) is 12.4 Å². The number of amides is 1. The number of nitrogens with one attached hydrogen (secondary N) is 2. The molecule has 0 bridgehead atoms. The van der Waals surface area contributed by atoms with Gasteiger partial charge in [0, 0.05) is 17.6 Å². The van der Waals surface area contributed by atoms with Crippen LogP contribution in [-0.4, -0.2) is 31.7 Å². The Labute approximate surface area is 167 Å². The first kappa shape index (κ1) is 19.7. The summed E-state index contributed by atoms with van der Waals surface area (Å²) in [6.07, 6.45) is 0.253. The van der Waals surface area contributed by atoms with E-state index < -0.39 is 34.0 Å². The maximum absolute atomic E-state index is 13.3. The fourth-order valence-electron chi connectivity index (χ4n) is 2.61. The normalized spacial score (nSPS) is 22.9. The average Bonchev–Trinajstić information content (AvgIpc) is 2.99. The predicted octanol–water partition coefficient (Wildman–Crippen LogP) is 3.52. The number of carbonyl (C=O) groups is 1. The van der Waals surface area contributed by atoms with E-state index in [1.165, 1.54) is 30.5 Å². The smallest absolute Gasteiger partial charge is 0.280 e. The lowest BCUT2D eigenvalue weighted by atomic mass is 10.1. The molecule has 11 heteroatoms. The van der Waals surface area contributed by atoms with Gasteiger partial charge in [-0.05, 0) is 52.7 Å². The lowest BCUT2D eigenvalue weighted by Crippen LogP contribution is -2.55. The van der Waals surface area contributed by atoms with Crippen LogP contribution in [0.5, 0.6) is 0 Å². The fraction of sp³-hybridized carbons (Fsp3) is 0.267. The first-order chi connectivity index (χ1) is 12.2. The highest BCUT2D eigenvalue weighted by Crippen LogP contribution is 2.34. The molecule has 1 amide bonds. The van der Waals surface area contributed by atoms with Gasteiger partial charge < -0.3 is 5.32 Å². The van der Waals surface area contributed by atoms with E-state index in [4.69, 9.17) is 11.6 Å². The standard InChI is InChI=1S/C15H14BrClFN3O3S2/c1-21-12(15(22)19-8-2-3-10(18)9(17)6-8)7-11(20-26(21,23)24)13-4-5-14(16)25-13/h2-6,11-12,20H,7H2,1H3,(H,19,22). The van der Waals surface area contributed by atoms with Gasteiger partial charge in [0.15, 0.2) is 0 Å². The number of thiophene rings is 1.